The number of anilines is 1. The van der Waals surface area contributed by atoms with Crippen molar-refractivity contribution in [1.29, 1.82) is 0 Å². The van der Waals surface area contributed by atoms with E-state index in [9.17, 15) is 18.5 Å². The van der Waals surface area contributed by atoms with Crippen LogP contribution in [0.4, 0.5) is 11.4 Å². The van der Waals surface area contributed by atoms with Crippen molar-refractivity contribution >= 4 is 21.4 Å². The van der Waals surface area contributed by atoms with E-state index >= 15 is 0 Å². The number of benzene rings is 1. The van der Waals surface area contributed by atoms with Crippen LogP contribution in [0.15, 0.2) is 23.1 Å². The number of sulfonamides is 1. The first-order chi connectivity index (χ1) is 10.3. The van der Waals surface area contributed by atoms with E-state index in [0.717, 1.165) is 6.07 Å². The number of aliphatic hydroxyl groups is 1. The van der Waals surface area contributed by atoms with Crippen LogP contribution in [0, 0.1) is 10.1 Å². The highest BCUT2D eigenvalue weighted by molar-refractivity contribution is 7.89. The molecule has 0 saturated carbocycles. The number of nitrogens with one attached hydrogen (secondary N) is 1. The summed E-state index contributed by atoms with van der Waals surface area (Å²) in [5.74, 6) is 0. The number of hydrogen-bond donors (Lipinski definition) is 2. The molecule has 1 aromatic carbocycles. The number of aliphatic hydroxyl groups excluding tert-OH is 1. The van der Waals surface area contributed by atoms with Gasteiger partial charge in [-0.05, 0) is 12.1 Å². The standard InChI is InChI=1S/C12H19N3O6S/c1-14(6-8-21-2)11-4-3-10(9-12(11)15(17)18)22(19,20)13-5-7-16/h3-4,9,13,16H,5-8H2,1-2H3. The highest BCUT2D eigenvalue weighted by atomic mass is 32.2. The minimum Gasteiger partial charge on any atom is -0.395 e. The Morgan fingerprint density at radius 1 is 1.45 bits per heavy atom. The molecule has 10 heteroatoms. The molecule has 0 heterocycles. The third-order valence-corrected chi connectivity index (χ3v) is 4.36. The van der Waals surface area contributed by atoms with Crippen LogP contribution in [0.2, 0.25) is 0 Å². The van der Waals surface area contributed by atoms with Gasteiger partial charge in [0.2, 0.25) is 10.0 Å². The maximum absolute atomic E-state index is 11.9. The molecule has 0 radical (unpaired) electrons. The van der Waals surface area contributed by atoms with Crippen LogP contribution >= 0.6 is 0 Å². The summed E-state index contributed by atoms with van der Waals surface area (Å²) in [6, 6.07) is 3.66. The fourth-order valence-electron chi connectivity index (χ4n) is 1.75. The molecule has 124 valence electrons. The predicted octanol–water partition coefficient (Wildman–Crippen LogP) is -0.0520. The molecule has 0 aliphatic rings. The van der Waals surface area contributed by atoms with E-state index < -0.39 is 14.9 Å². The van der Waals surface area contributed by atoms with Crippen LogP contribution in [0.5, 0.6) is 0 Å². The van der Waals surface area contributed by atoms with E-state index in [1.165, 1.54) is 19.2 Å². The molecule has 0 saturated heterocycles. The van der Waals surface area contributed by atoms with Crippen LogP contribution in [-0.4, -0.2) is 58.9 Å². The van der Waals surface area contributed by atoms with Crippen molar-refractivity contribution in [3.05, 3.63) is 28.3 Å². The molecule has 0 aliphatic carbocycles. The summed E-state index contributed by atoms with van der Waals surface area (Å²) < 4.78 is 30.9. The molecule has 0 spiro atoms. The summed E-state index contributed by atoms with van der Waals surface area (Å²) >= 11 is 0. The maximum Gasteiger partial charge on any atom is 0.293 e. The van der Waals surface area contributed by atoms with E-state index in [-0.39, 0.29) is 23.7 Å². The number of ether oxygens (including phenoxy) is 1. The van der Waals surface area contributed by atoms with E-state index in [0.29, 0.717) is 18.8 Å². The Labute approximate surface area is 128 Å². The summed E-state index contributed by atoms with van der Waals surface area (Å²) in [7, 11) is -0.725. The molecule has 0 amide bonds. The van der Waals surface area contributed by atoms with E-state index in [4.69, 9.17) is 9.84 Å². The SMILES string of the molecule is COCCN(C)c1ccc(S(=O)(=O)NCCO)cc1[N+](=O)[O-]. The molecule has 0 bridgehead atoms. The van der Waals surface area contributed by atoms with Gasteiger partial charge in [0.15, 0.2) is 0 Å². The Kier molecular flexibility index (Phi) is 6.68. The van der Waals surface area contributed by atoms with Gasteiger partial charge in [-0.2, -0.15) is 0 Å². The molecule has 1 aromatic rings. The first kappa shape index (κ1) is 18.3. The molecule has 9 nitrogen and oxygen atoms in total. The number of nitro benzene ring substituents is 1. The van der Waals surface area contributed by atoms with Gasteiger partial charge < -0.3 is 14.7 Å². The second-order valence-corrected chi connectivity index (χ2v) is 6.21. The molecule has 0 unspecified atom stereocenters. The zero-order chi connectivity index (χ0) is 16.8. The molecule has 0 fully saturated rings. The molecule has 0 atom stereocenters. The van der Waals surface area contributed by atoms with Crippen molar-refractivity contribution in [3.8, 4) is 0 Å². The summed E-state index contributed by atoms with van der Waals surface area (Å²) in [5, 5.41) is 19.9. The van der Waals surface area contributed by atoms with Gasteiger partial charge >= 0.3 is 0 Å². The second-order valence-electron chi connectivity index (χ2n) is 4.44. The van der Waals surface area contributed by atoms with Crippen LogP contribution in [0.25, 0.3) is 0 Å². The largest absolute Gasteiger partial charge is 0.395 e. The average Bonchev–Trinajstić information content (AvgIpc) is 2.49. The van der Waals surface area contributed by atoms with Crippen LogP contribution in [-0.2, 0) is 14.8 Å². The lowest BCUT2D eigenvalue weighted by Gasteiger charge is -2.19. The lowest BCUT2D eigenvalue weighted by Crippen LogP contribution is -2.27. The molecular formula is C12H19N3O6S. The molecule has 0 aliphatic heterocycles. The van der Waals surface area contributed by atoms with Crippen molar-refractivity contribution in [2.75, 3.05) is 45.4 Å². The first-order valence-electron chi connectivity index (χ1n) is 6.42. The van der Waals surface area contributed by atoms with Crippen LogP contribution in [0.3, 0.4) is 0 Å². The summed E-state index contributed by atoms with van der Waals surface area (Å²) in [4.78, 5) is 11.9. The van der Waals surface area contributed by atoms with Crippen molar-refractivity contribution in [2.24, 2.45) is 0 Å². The first-order valence-corrected chi connectivity index (χ1v) is 7.91. The summed E-state index contributed by atoms with van der Waals surface area (Å²) in [6.45, 7) is 0.281. The zero-order valence-corrected chi connectivity index (χ0v) is 13.2. The van der Waals surface area contributed by atoms with Gasteiger partial charge in [-0.15, -0.1) is 0 Å². The molecule has 2 N–H and O–H groups in total. The zero-order valence-electron chi connectivity index (χ0n) is 12.4. The van der Waals surface area contributed by atoms with E-state index in [1.807, 2.05) is 0 Å². The van der Waals surface area contributed by atoms with Gasteiger partial charge in [-0.3, -0.25) is 10.1 Å². The fraction of sp³-hybridized carbons (Fsp3) is 0.500. The minimum atomic E-state index is -3.90. The quantitative estimate of drug-likeness (QED) is 0.480. The smallest absolute Gasteiger partial charge is 0.293 e. The topological polar surface area (TPSA) is 122 Å². The Bertz CT molecular complexity index is 619. The van der Waals surface area contributed by atoms with Crippen molar-refractivity contribution in [3.63, 3.8) is 0 Å². The number of likely N-dealkylation sites (N-methyl/N-ethyl adjacent to an activating group) is 1. The summed E-state index contributed by atoms with van der Waals surface area (Å²) in [6.07, 6.45) is 0. The Hall–Kier alpha value is -1.75. The molecule has 22 heavy (non-hydrogen) atoms. The third kappa shape index (κ3) is 4.63. The number of nitro groups is 1. The Morgan fingerprint density at radius 2 is 2.14 bits per heavy atom. The summed E-state index contributed by atoms with van der Waals surface area (Å²) in [5.41, 5.74) is -0.0198. The van der Waals surface area contributed by atoms with Gasteiger partial charge in [0.25, 0.3) is 5.69 Å². The van der Waals surface area contributed by atoms with Crippen molar-refractivity contribution in [2.45, 2.75) is 4.90 Å². The lowest BCUT2D eigenvalue weighted by atomic mass is 10.2. The van der Waals surface area contributed by atoms with Gasteiger partial charge in [0.05, 0.1) is 23.0 Å². The Balaban J connectivity index is 3.17. The number of hydrogen-bond acceptors (Lipinski definition) is 7. The van der Waals surface area contributed by atoms with Crippen LogP contribution in [0.1, 0.15) is 0 Å². The molecule has 1 rings (SSSR count). The second kappa shape index (κ2) is 8.03. The highest BCUT2D eigenvalue weighted by Gasteiger charge is 2.22. The lowest BCUT2D eigenvalue weighted by molar-refractivity contribution is -0.384. The fourth-order valence-corrected chi connectivity index (χ4v) is 2.79. The van der Waals surface area contributed by atoms with Gasteiger partial charge in [-0.25, -0.2) is 13.1 Å². The van der Waals surface area contributed by atoms with Gasteiger partial charge in [-0.1, -0.05) is 0 Å². The Morgan fingerprint density at radius 3 is 2.68 bits per heavy atom. The predicted molar refractivity (Wildman–Crippen MR) is 80.5 cm³/mol. The maximum atomic E-state index is 11.9. The van der Waals surface area contributed by atoms with Crippen molar-refractivity contribution < 1.29 is 23.2 Å². The number of rotatable bonds is 9. The van der Waals surface area contributed by atoms with Gasteiger partial charge in [0, 0.05) is 33.3 Å². The van der Waals surface area contributed by atoms with Crippen molar-refractivity contribution in [1.82, 2.24) is 4.72 Å². The number of methoxy groups -OCH3 is 1. The number of nitrogens with zero attached hydrogens (tertiary/aromatic N) is 2. The third-order valence-electron chi connectivity index (χ3n) is 2.90. The molecule has 0 aromatic heterocycles. The normalized spacial score (nSPS) is 11.4. The highest BCUT2D eigenvalue weighted by Crippen LogP contribution is 2.29. The van der Waals surface area contributed by atoms with Gasteiger partial charge in [0.1, 0.15) is 5.69 Å². The van der Waals surface area contributed by atoms with E-state index in [1.54, 1.807) is 11.9 Å². The van der Waals surface area contributed by atoms with E-state index in [2.05, 4.69) is 4.72 Å². The monoisotopic (exact) mass is 333 g/mol. The van der Waals surface area contributed by atoms with Crippen LogP contribution < -0.4 is 9.62 Å². The average molecular weight is 333 g/mol. The molecular weight excluding hydrogens is 314 g/mol. The minimum absolute atomic E-state index is 0.161.